The number of hydrogen-bond donors (Lipinski definition) is 3. The van der Waals surface area contributed by atoms with E-state index in [1.807, 2.05) is 17.0 Å². The normalized spacial score (nSPS) is 22.2. The maximum absolute atomic E-state index is 12.1. The van der Waals surface area contributed by atoms with Crippen LogP contribution in [-0.4, -0.2) is 70.6 Å². The number of aromatic nitrogens is 1. The summed E-state index contributed by atoms with van der Waals surface area (Å²) < 4.78 is 17.3. The second-order valence-electron chi connectivity index (χ2n) is 6.87. The van der Waals surface area contributed by atoms with Crippen LogP contribution in [0.15, 0.2) is 48.7 Å². The molecule has 28 heavy (non-hydrogen) atoms. The second kappa shape index (κ2) is 9.09. The molecule has 150 valence electrons. The molecule has 0 bridgehead atoms. The Kier molecular flexibility index (Phi) is 6.56. The third kappa shape index (κ3) is 5.03. The maximum atomic E-state index is 12.1. The van der Waals surface area contributed by atoms with E-state index in [-0.39, 0.29) is 31.9 Å². The predicted molar refractivity (Wildman–Crippen MR) is 101 cm³/mol. The van der Waals surface area contributed by atoms with Gasteiger partial charge in [0.25, 0.3) is 5.91 Å². The van der Waals surface area contributed by atoms with Crippen molar-refractivity contribution in [3.63, 3.8) is 0 Å². The minimum Gasteiger partial charge on any atom is -0.491 e. The van der Waals surface area contributed by atoms with Crippen LogP contribution in [0.3, 0.4) is 0 Å². The lowest BCUT2D eigenvalue weighted by molar-refractivity contribution is -0.0377. The zero-order chi connectivity index (χ0) is 20.0. The fourth-order valence-corrected chi connectivity index (χ4v) is 3.19. The Balaban J connectivity index is 1.53. The highest BCUT2D eigenvalue weighted by atomic mass is 19.1. The number of likely N-dealkylation sites (tertiary alicyclic amines) is 1. The number of carbonyl (C=O) groups excluding carboxylic acids is 1. The van der Waals surface area contributed by atoms with E-state index in [9.17, 15) is 19.4 Å². The van der Waals surface area contributed by atoms with Gasteiger partial charge in [-0.05, 0) is 29.8 Å². The predicted octanol–water partition coefficient (Wildman–Crippen LogP) is 0.767. The van der Waals surface area contributed by atoms with Crippen molar-refractivity contribution in [2.45, 2.75) is 18.2 Å². The van der Waals surface area contributed by atoms with Crippen LogP contribution in [0.4, 0.5) is 4.39 Å². The number of amides is 1. The smallest absolute Gasteiger partial charge is 0.269 e. The molecule has 0 radical (unpaired) electrons. The molecule has 0 aliphatic carbocycles. The van der Waals surface area contributed by atoms with E-state index < -0.39 is 24.3 Å². The summed E-state index contributed by atoms with van der Waals surface area (Å²) in [6, 6.07) is 12.2. The maximum Gasteiger partial charge on any atom is 0.269 e. The van der Waals surface area contributed by atoms with Crippen LogP contribution in [0.1, 0.15) is 16.1 Å². The Morgan fingerprint density at radius 2 is 2.11 bits per heavy atom. The lowest BCUT2D eigenvalue weighted by Crippen LogP contribution is -2.51. The third-order valence-corrected chi connectivity index (χ3v) is 4.68. The Morgan fingerprint density at radius 3 is 2.79 bits per heavy atom. The molecule has 1 aromatic heterocycles. The van der Waals surface area contributed by atoms with Gasteiger partial charge in [0, 0.05) is 25.8 Å². The molecule has 1 aliphatic heterocycles. The van der Waals surface area contributed by atoms with Crippen LogP contribution in [0.5, 0.6) is 5.75 Å². The van der Waals surface area contributed by atoms with Gasteiger partial charge in [-0.2, -0.15) is 0 Å². The Bertz CT molecular complexity index is 775. The van der Waals surface area contributed by atoms with Gasteiger partial charge in [-0.25, -0.2) is 4.39 Å². The number of aliphatic hydroxyl groups is 2. The number of rotatable bonds is 8. The zero-order valence-corrected chi connectivity index (χ0v) is 15.4. The summed E-state index contributed by atoms with van der Waals surface area (Å²) in [5.41, 5.74) is -0.207. The van der Waals surface area contributed by atoms with Crippen LogP contribution in [0.2, 0.25) is 0 Å². The van der Waals surface area contributed by atoms with Gasteiger partial charge in [-0.3, -0.25) is 14.7 Å². The SMILES string of the molecule is O=C(NC[C@]1(O)CN(Cc2ccc(OCCF)cc2)C[C@H]1O)c1ccccn1. The number of alkyl halides is 1. The summed E-state index contributed by atoms with van der Waals surface area (Å²) in [5, 5.41) is 23.7. The largest absolute Gasteiger partial charge is 0.491 e. The first-order chi connectivity index (χ1) is 13.5. The summed E-state index contributed by atoms with van der Waals surface area (Å²) in [7, 11) is 0. The second-order valence-corrected chi connectivity index (χ2v) is 6.87. The van der Waals surface area contributed by atoms with Crippen LogP contribution in [0.25, 0.3) is 0 Å². The fraction of sp³-hybridized carbons (Fsp3) is 0.400. The van der Waals surface area contributed by atoms with Gasteiger partial charge < -0.3 is 20.3 Å². The van der Waals surface area contributed by atoms with Gasteiger partial charge in [0.15, 0.2) is 0 Å². The molecule has 7 nitrogen and oxygen atoms in total. The average molecular weight is 389 g/mol. The number of benzene rings is 1. The molecule has 0 saturated carbocycles. The topological polar surface area (TPSA) is 94.9 Å². The van der Waals surface area contributed by atoms with Gasteiger partial charge in [0.2, 0.25) is 0 Å². The standard InChI is InChI=1S/C20H24FN3O4/c21-8-10-28-16-6-4-15(5-7-16)11-24-12-18(25)20(27,14-24)13-23-19(26)17-3-1-2-9-22-17/h1-7,9,18,25,27H,8,10-14H2,(H,23,26)/t18-,20+/m1/s1. The molecular formula is C20H24FN3O4. The number of hydrogen-bond acceptors (Lipinski definition) is 6. The van der Waals surface area contributed by atoms with Crippen LogP contribution in [-0.2, 0) is 6.54 Å². The molecule has 1 saturated heterocycles. The highest BCUT2D eigenvalue weighted by Gasteiger charge is 2.44. The van der Waals surface area contributed by atoms with Crippen molar-refractivity contribution in [1.29, 1.82) is 0 Å². The Morgan fingerprint density at radius 1 is 1.32 bits per heavy atom. The highest BCUT2D eigenvalue weighted by Crippen LogP contribution is 2.24. The summed E-state index contributed by atoms with van der Waals surface area (Å²) in [5.74, 6) is 0.195. The van der Waals surface area contributed by atoms with Crippen molar-refractivity contribution in [3.8, 4) is 5.75 Å². The van der Waals surface area contributed by atoms with Gasteiger partial charge in [0.1, 0.15) is 30.3 Å². The quantitative estimate of drug-likeness (QED) is 0.617. The number of carbonyl (C=O) groups is 1. The van der Waals surface area contributed by atoms with Crippen molar-refractivity contribution in [2.24, 2.45) is 0 Å². The molecule has 8 heteroatoms. The van der Waals surface area contributed by atoms with Crippen LogP contribution < -0.4 is 10.1 Å². The zero-order valence-electron chi connectivity index (χ0n) is 15.4. The van der Waals surface area contributed by atoms with Gasteiger partial charge in [0.05, 0.1) is 12.6 Å². The number of aliphatic hydroxyl groups excluding tert-OH is 1. The first-order valence-corrected chi connectivity index (χ1v) is 9.10. The van der Waals surface area contributed by atoms with E-state index in [0.717, 1.165) is 5.56 Å². The molecule has 3 rings (SSSR count). The third-order valence-electron chi connectivity index (χ3n) is 4.68. The summed E-state index contributed by atoms with van der Waals surface area (Å²) in [6.07, 6.45) is 0.535. The van der Waals surface area contributed by atoms with E-state index in [1.165, 1.54) is 6.20 Å². The van der Waals surface area contributed by atoms with Crippen LogP contribution in [0, 0.1) is 0 Å². The number of halogens is 1. The van der Waals surface area contributed by atoms with Crippen molar-refractivity contribution in [2.75, 3.05) is 32.9 Å². The number of β-amino-alcohol motifs (C(OH)–C–C–N with tert-alkyl or cyclic N) is 2. The Labute approximate surface area is 162 Å². The molecule has 2 heterocycles. The molecule has 0 spiro atoms. The fourth-order valence-electron chi connectivity index (χ4n) is 3.19. The minimum atomic E-state index is -1.44. The molecule has 3 N–H and O–H groups in total. The summed E-state index contributed by atoms with van der Waals surface area (Å²) >= 11 is 0. The average Bonchev–Trinajstić information content (AvgIpc) is 2.99. The Hall–Kier alpha value is -2.55. The summed E-state index contributed by atoms with van der Waals surface area (Å²) in [6.45, 7) is 0.442. The van der Waals surface area contributed by atoms with E-state index in [1.54, 1.807) is 30.3 Å². The first kappa shape index (κ1) is 20.2. The molecular weight excluding hydrogens is 365 g/mol. The van der Waals surface area contributed by atoms with Crippen molar-refractivity contribution in [3.05, 3.63) is 59.9 Å². The molecule has 1 amide bonds. The summed E-state index contributed by atoms with van der Waals surface area (Å²) in [4.78, 5) is 18.0. The van der Waals surface area contributed by atoms with Gasteiger partial charge in [-0.15, -0.1) is 0 Å². The number of nitrogens with zero attached hydrogens (tertiary/aromatic N) is 2. The molecule has 2 aromatic rings. The van der Waals surface area contributed by atoms with Crippen molar-refractivity contribution >= 4 is 5.91 Å². The molecule has 1 aliphatic rings. The van der Waals surface area contributed by atoms with Crippen molar-refractivity contribution in [1.82, 2.24) is 15.2 Å². The van der Waals surface area contributed by atoms with E-state index in [0.29, 0.717) is 12.3 Å². The van der Waals surface area contributed by atoms with E-state index in [2.05, 4.69) is 10.3 Å². The number of ether oxygens (including phenoxy) is 1. The van der Waals surface area contributed by atoms with E-state index in [4.69, 9.17) is 4.74 Å². The van der Waals surface area contributed by atoms with Crippen molar-refractivity contribution < 1.29 is 24.1 Å². The number of nitrogens with one attached hydrogen (secondary N) is 1. The van der Waals surface area contributed by atoms with Gasteiger partial charge in [-0.1, -0.05) is 18.2 Å². The van der Waals surface area contributed by atoms with Crippen LogP contribution >= 0.6 is 0 Å². The minimum absolute atomic E-state index is 0.0227. The molecule has 1 aromatic carbocycles. The first-order valence-electron chi connectivity index (χ1n) is 9.10. The molecule has 0 unspecified atom stereocenters. The molecule has 1 fully saturated rings. The lowest BCUT2D eigenvalue weighted by Gasteiger charge is -2.26. The highest BCUT2D eigenvalue weighted by molar-refractivity contribution is 5.92. The lowest BCUT2D eigenvalue weighted by atomic mass is 10.0. The van der Waals surface area contributed by atoms with Gasteiger partial charge >= 0.3 is 0 Å². The monoisotopic (exact) mass is 389 g/mol. The van der Waals surface area contributed by atoms with E-state index >= 15 is 0 Å². The number of pyridine rings is 1. The molecule has 2 atom stereocenters.